The minimum absolute atomic E-state index is 0. The first-order valence-electron chi connectivity index (χ1n) is 10.2. The van der Waals surface area contributed by atoms with Crippen LogP contribution in [0, 0.1) is 6.92 Å². The van der Waals surface area contributed by atoms with Crippen molar-refractivity contribution in [3.8, 4) is 0 Å². The maximum absolute atomic E-state index is 4.35. The molecule has 0 fully saturated rings. The van der Waals surface area contributed by atoms with Crippen molar-refractivity contribution < 1.29 is 0 Å². The van der Waals surface area contributed by atoms with E-state index >= 15 is 0 Å². The summed E-state index contributed by atoms with van der Waals surface area (Å²) in [5.41, 5.74) is 8.82. The summed E-state index contributed by atoms with van der Waals surface area (Å²) in [6.45, 7) is 23.9. The molecule has 2 aromatic carbocycles. The molecule has 0 amide bonds. The molecule has 0 radical (unpaired) electrons. The molecule has 0 atom stereocenters. The molecule has 0 aromatic heterocycles. The summed E-state index contributed by atoms with van der Waals surface area (Å²) in [5, 5.41) is 0. The zero-order chi connectivity index (χ0) is 22.5. The van der Waals surface area contributed by atoms with Crippen molar-refractivity contribution in [2.24, 2.45) is 0 Å². The summed E-state index contributed by atoms with van der Waals surface area (Å²) in [6.07, 6.45) is 9.70. The van der Waals surface area contributed by atoms with Gasteiger partial charge in [0.1, 0.15) is 0 Å². The van der Waals surface area contributed by atoms with Crippen LogP contribution in [0.1, 0.15) is 44.9 Å². The van der Waals surface area contributed by atoms with Crippen molar-refractivity contribution in [2.45, 2.75) is 35.1 Å². The molecule has 0 aliphatic carbocycles. The molecule has 0 aliphatic rings. The minimum atomic E-state index is 0. The molecule has 162 valence electrons. The predicted octanol–water partition coefficient (Wildman–Crippen LogP) is 9.45. The van der Waals surface area contributed by atoms with Crippen LogP contribution in [0.2, 0.25) is 0 Å². The van der Waals surface area contributed by atoms with Crippen LogP contribution in [-0.4, -0.2) is 0 Å². The first-order valence-corrected chi connectivity index (χ1v) is 10.2. The first-order chi connectivity index (χ1) is 14.4. The van der Waals surface area contributed by atoms with E-state index in [1.54, 1.807) is 6.08 Å². The molecule has 0 aliphatic heterocycles. The molecule has 0 saturated heterocycles. The van der Waals surface area contributed by atoms with Gasteiger partial charge in [0.15, 0.2) is 0 Å². The topological polar surface area (TPSA) is 0 Å². The molecule has 0 heteroatoms. The van der Waals surface area contributed by atoms with Crippen LogP contribution in [0.4, 0.5) is 0 Å². The van der Waals surface area contributed by atoms with Crippen molar-refractivity contribution in [1.82, 2.24) is 0 Å². The minimum Gasteiger partial charge on any atom is -0.103 e. The smallest absolute Gasteiger partial charge is 0.00279 e. The lowest BCUT2D eigenvalue weighted by Gasteiger charge is -2.19. The van der Waals surface area contributed by atoms with Crippen LogP contribution in [0.5, 0.6) is 0 Å². The lowest BCUT2D eigenvalue weighted by atomic mass is 9.85. The molecule has 0 bridgehead atoms. The molecule has 0 unspecified atom stereocenters. The van der Waals surface area contributed by atoms with Crippen LogP contribution in [0.3, 0.4) is 0 Å². The Labute approximate surface area is 191 Å². The highest BCUT2D eigenvalue weighted by molar-refractivity contribution is 5.89. The highest BCUT2D eigenvalue weighted by Crippen LogP contribution is 2.35. The van der Waals surface area contributed by atoms with Gasteiger partial charge in [-0.25, -0.2) is 0 Å². The lowest BCUT2D eigenvalue weighted by Crippen LogP contribution is -1.99. The Bertz CT molecular complexity index is 976. The average molecular weight is 411 g/mol. The number of aryl methyl sites for hydroxylation is 1. The summed E-state index contributed by atoms with van der Waals surface area (Å²) < 4.78 is 0. The molecule has 0 saturated carbocycles. The van der Waals surface area contributed by atoms with Gasteiger partial charge in [-0.3, -0.25) is 0 Å². The van der Waals surface area contributed by atoms with E-state index in [1.807, 2.05) is 51.1 Å². The van der Waals surface area contributed by atoms with Gasteiger partial charge in [-0.15, -0.1) is 6.58 Å². The maximum Gasteiger partial charge on any atom is -0.00279 e. The van der Waals surface area contributed by atoms with Crippen LogP contribution in [0.15, 0.2) is 134 Å². The number of allylic oxidation sites excluding steroid dienone is 9. The van der Waals surface area contributed by atoms with E-state index in [9.17, 15) is 0 Å². The Hall–Kier alpha value is -3.38. The number of hydrogen-bond acceptors (Lipinski definition) is 0. The summed E-state index contributed by atoms with van der Waals surface area (Å²) >= 11 is 0. The Morgan fingerprint density at radius 3 is 1.87 bits per heavy atom. The van der Waals surface area contributed by atoms with Crippen molar-refractivity contribution in [3.63, 3.8) is 0 Å². The molecule has 0 heterocycles. The molecule has 0 spiro atoms. The maximum atomic E-state index is 4.35. The van der Waals surface area contributed by atoms with E-state index < -0.39 is 0 Å². The third-order valence-corrected chi connectivity index (χ3v) is 4.52. The summed E-state index contributed by atoms with van der Waals surface area (Å²) in [4.78, 5) is 0. The predicted molar refractivity (Wildman–Crippen MR) is 143 cm³/mol. The monoisotopic (exact) mass is 410 g/mol. The van der Waals surface area contributed by atoms with Gasteiger partial charge in [0.25, 0.3) is 0 Å². The molecule has 0 nitrogen and oxygen atoms in total. The highest BCUT2D eigenvalue weighted by Gasteiger charge is 2.15. The second-order valence-electron chi connectivity index (χ2n) is 6.97. The van der Waals surface area contributed by atoms with Crippen molar-refractivity contribution in [3.05, 3.63) is 150 Å². The Morgan fingerprint density at radius 1 is 0.839 bits per heavy atom. The van der Waals surface area contributed by atoms with Crippen molar-refractivity contribution in [1.29, 1.82) is 0 Å². The Balaban J connectivity index is 0.00000212. The van der Waals surface area contributed by atoms with E-state index in [4.69, 9.17) is 0 Å². The standard InChI is InChI=1S/C27H28.C3H6.CH4/c1-7-23(8-2)19-18-22(6)26(20(3)4)27(24-15-10-9-11-16-24)25-17-13-12-14-21(25)5;1-3-2;/h7-19H,1,3,6H2,2,4-5H3;3H,1H2,2H3;1H4/b19-18+,23-8+,27-26+;;. The van der Waals surface area contributed by atoms with E-state index in [0.717, 1.165) is 33.4 Å². The zero-order valence-corrected chi connectivity index (χ0v) is 18.9. The largest absolute Gasteiger partial charge is 0.103 e. The van der Waals surface area contributed by atoms with Gasteiger partial charge in [-0.05, 0) is 72.3 Å². The second-order valence-corrected chi connectivity index (χ2v) is 6.97. The zero-order valence-electron chi connectivity index (χ0n) is 18.9. The van der Waals surface area contributed by atoms with Gasteiger partial charge in [-0.1, -0.05) is 112 Å². The second kappa shape index (κ2) is 14.6. The van der Waals surface area contributed by atoms with E-state index in [2.05, 4.69) is 81.8 Å². The summed E-state index contributed by atoms with van der Waals surface area (Å²) in [5.74, 6) is 0. The third kappa shape index (κ3) is 8.10. The molecular weight excluding hydrogens is 372 g/mol. The summed E-state index contributed by atoms with van der Waals surface area (Å²) in [6, 6.07) is 18.9. The number of benzene rings is 2. The fourth-order valence-electron chi connectivity index (χ4n) is 3.10. The van der Waals surface area contributed by atoms with E-state index in [0.29, 0.717) is 0 Å². The molecular formula is C31H38. The fourth-order valence-corrected chi connectivity index (χ4v) is 3.10. The van der Waals surface area contributed by atoms with E-state index in [-0.39, 0.29) is 7.43 Å². The van der Waals surface area contributed by atoms with Crippen LogP contribution >= 0.6 is 0 Å². The quantitative estimate of drug-likeness (QED) is 0.315. The summed E-state index contributed by atoms with van der Waals surface area (Å²) in [7, 11) is 0. The van der Waals surface area contributed by atoms with Gasteiger partial charge in [0, 0.05) is 0 Å². The van der Waals surface area contributed by atoms with Gasteiger partial charge in [0.05, 0.1) is 0 Å². The van der Waals surface area contributed by atoms with Gasteiger partial charge >= 0.3 is 0 Å². The third-order valence-electron chi connectivity index (χ3n) is 4.52. The van der Waals surface area contributed by atoms with Gasteiger partial charge in [0.2, 0.25) is 0 Å². The average Bonchev–Trinajstić information content (AvgIpc) is 2.74. The number of rotatable bonds is 7. The van der Waals surface area contributed by atoms with Crippen LogP contribution in [-0.2, 0) is 0 Å². The van der Waals surface area contributed by atoms with Gasteiger partial charge in [-0.2, -0.15) is 0 Å². The van der Waals surface area contributed by atoms with Crippen LogP contribution in [0.25, 0.3) is 5.57 Å². The van der Waals surface area contributed by atoms with Crippen molar-refractivity contribution in [2.75, 3.05) is 0 Å². The molecule has 2 aromatic rings. The first kappa shape index (κ1) is 27.6. The SMILES string of the molecule is C.C=CC.C=CC(/C=C/C(=C)/C(C(=C)C)=C(\c1ccccc1)c1ccccc1C)=C\C. The molecule has 2 rings (SSSR count). The molecule has 31 heavy (non-hydrogen) atoms. The van der Waals surface area contributed by atoms with Gasteiger partial charge < -0.3 is 0 Å². The fraction of sp³-hybridized carbons (Fsp3) is 0.161. The number of hydrogen-bond donors (Lipinski definition) is 0. The Kier molecular flexibility index (Phi) is 13.0. The lowest BCUT2D eigenvalue weighted by molar-refractivity contribution is 1.35. The Morgan fingerprint density at radius 2 is 1.39 bits per heavy atom. The molecule has 0 N–H and O–H groups in total. The van der Waals surface area contributed by atoms with Crippen molar-refractivity contribution >= 4 is 5.57 Å². The van der Waals surface area contributed by atoms with Crippen LogP contribution < -0.4 is 0 Å². The highest BCUT2D eigenvalue weighted by atomic mass is 14.2. The normalized spacial score (nSPS) is 11.4. The van der Waals surface area contributed by atoms with E-state index in [1.165, 1.54) is 11.1 Å².